The molecule has 10 heteroatoms. The van der Waals surface area contributed by atoms with Crippen LogP contribution in [0.4, 0.5) is 4.39 Å². The number of amides is 1. The number of carbonyl (C=O) groups excluding carboxylic acids is 1. The van der Waals surface area contributed by atoms with Crippen molar-refractivity contribution in [3.63, 3.8) is 0 Å². The third kappa shape index (κ3) is 5.33. The Morgan fingerprint density at radius 3 is 2.38 bits per heavy atom. The van der Waals surface area contributed by atoms with Gasteiger partial charge in [-0.2, -0.15) is 4.31 Å². The number of nitrogens with zero attached hydrogens (tertiary/aromatic N) is 2. The Morgan fingerprint density at radius 1 is 1.12 bits per heavy atom. The van der Waals surface area contributed by atoms with Crippen molar-refractivity contribution in [3.8, 4) is 11.5 Å². The molecule has 0 bridgehead atoms. The fourth-order valence-electron chi connectivity index (χ4n) is 3.37. The van der Waals surface area contributed by atoms with Crippen LogP contribution >= 0.6 is 11.6 Å². The van der Waals surface area contributed by atoms with E-state index in [1.165, 1.54) is 29.6 Å². The second-order valence-corrected chi connectivity index (χ2v) is 9.69. The fraction of sp³-hybridized carbons (Fsp3) is 0.409. The zero-order chi connectivity index (χ0) is 23.3. The highest BCUT2D eigenvalue weighted by atomic mass is 35.5. The van der Waals surface area contributed by atoms with Gasteiger partial charge in [0.25, 0.3) is 5.91 Å². The molecular formula is C22H26ClFN2O5S. The van der Waals surface area contributed by atoms with Crippen molar-refractivity contribution >= 4 is 27.5 Å². The van der Waals surface area contributed by atoms with Crippen LogP contribution in [0.15, 0.2) is 41.3 Å². The molecule has 32 heavy (non-hydrogen) atoms. The molecule has 7 nitrogen and oxygen atoms in total. The molecule has 1 heterocycles. The van der Waals surface area contributed by atoms with Gasteiger partial charge in [0.2, 0.25) is 10.0 Å². The monoisotopic (exact) mass is 484 g/mol. The summed E-state index contributed by atoms with van der Waals surface area (Å²) in [6.45, 7) is 3.24. The highest BCUT2D eigenvalue weighted by molar-refractivity contribution is 7.89. The Bertz CT molecular complexity index is 1050. The maximum atomic E-state index is 13.1. The van der Waals surface area contributed by atoms with E-state index in [9.17, 15) is 17.6 Å². The second kappa shape index (κ2) is 10.5. The summed E-state index contributed by atoms with van der Waals surface area (Å²) in [6.07, 6.45) is 1.84. The van der Waals surface area contributed by atoms with Crippen LogP contribution in [0.3, 0.4) is 0 Å². The van der Waals surface area contributed by atoms with Crippen molar-refractivity contribution in [1.29, 1.82) is 0 Å². The molecule has 2 aromatic rings. The molecule has 0 unspecified atom stereocenters. The van der Waals surface area contributed by atoms with Crippen LogP contribution in [0.2, 0.25) is 5.02 Å². The maximum Gasteiger partial charge on any atom is 0.254 e. The quantitative estimate of drug-likeness (QED) is 0.532. The zero-order valence-electron chi connectivity index (χ0n) is 18.0. The molecule has 1 aliphatic heterocycles. The van der Waals surface area contributed by atoms with Crippen molar-refractivity contribution < 1.29 is 27.1 Å². The predicted octanol–water partition coefficient (Wildman–Crippen LogP) is 3.81. The highest BCUT2D eigenvalue weighted by Crippen LogP contribution is 2.37. The number of rotatable bonds is 8. The van der Waals surface area contributed by atoms with Gasteiger partial charge in [-0.05, 0) is 42.8 Å². The third-order valence-corrected chi connectivity index (χ3v) is 7.39. The number of benzene rings is 2. The molecule has 0 saturated carbocycles. The van der Waals surface area contributed by atoms with Crippen molar-refractivity contribution in [2.24, 2.45) is 0 Å². The van der Waals surface area contributed by atoms with Crippen LogP contribution in [0, 0.1) is 5.82 Å². The van der Waals surface area contributed by atoms with Gasteiger partial charge in [-0.15, -0.1) is 0 Å². The van der Waals surface area contributed by atoms with Crippen LogP contribution < -0.4 is 9.47 Å². The molecule has 2 aromatic carbocycles. The van der Waals surface area contributed by atoms with Gasteiger partial charge in [-0.3, -0.25) is 4.79 Å². The maximum absolute atomic E-state index is 13.1. The first-order chi connectivity index (χ1) is 15.3. The van der Waals surface area contributed by atoms with Gasteiger partial charge in [-0.25, -0.2) is 12.8 Å². The van der Waals surface area contributed by atoms with Crippen LogP contribution in [0.1, 0.15) is 30.1 Å². The number of ether oxygens (including phenoxy) is 2. The molecule has 1 fully saturated rings. The van der Waals surface area contributed by atoms with Gasteiger partial charge < -0.3 is 14.4 Å². The zero-order valence-corrected chi connectivity index (χ0v) is 19.6. The summed E-state index contributed by atoms with van der Waals surface area (Å²) >= 11 is 6.35. The summed E-state index contributed by atoms with van der Waals surface area (Å²) in [7, 11) is -2.28. The average molecular weight is 485 g/mol. The van der Waals surface area contributed by atoms with E-state index in [4.69, 9.17) is 21.1 Å². The van der Waals surface area contributed by atoms with Crippen LogP contribution in [0.5, 0.6) is 11.5 Å². The van der Waals surface area contributed by atoms with E-state index in [1.54, 1.807) is 11.0 Å². The lowest BCUT2D eigenvalue weighted by Gasteiger charge is -2.34. The van der Waals surface area contributed by atoms with E-state index in [2.05, 4.69) is 6.92 Å². The highest BCUT2D eigenvalue weighted by Gasteiger charge is 2.31. The Hall–Kier alpha value is -2.36. The van der Waals surface area contributed by atoms with E-state index >= 15 is 0 Å². The van der Waals surface area contributed by atoms with Crippen molar-refractivity contribution in [1.82, 2.24) is 9.21 Å². The summed E-state index contributed by atoms with van der Waals surface area (Å²) in [4.78, 5) is 14.6. The molecule has 0 N–H and O–H groups in total. The number of hydrogen-bond donors (Lipinski definition) is 0. The summed E-state index contributed by atoms with van der Waals surface area (Å²) in [5.74, 6) is -0.0109. The van der Waals surface area contributed by atoms with E-state index < -0.39 is 15.8 Å². The van der Waals surface area contributed by atoms with Gasteiger partial charge in [0, 0.05) is 31.7 Å². The molecule has 0 aromatic heterocycles. The van der Waals surface area contributed by atoms with Crippen molar-refractivity contribution in [3.05, 3.63) is 52.8 Å². The normalized spacial score (nSPS) is 14.9. The number of hydrogen-bond acceptors (Lipinski definition) is 5. The van der Waals surface area contributed by atoms with Gasteiger partial charge in [-0.1, -0.05) is 24.9 Å². The minimum Gasteiger partial charge on any atom is -0.493 e. The van der Waals surface area contributed by atoms with Gasteiger partial charge in [0.1, 0.15) is 5.82 Å². The number of methoxy groups -OCH3 is 1. The van der Waals surface area contributed by atoms with Crippen molar-refractivity contribution in [2.45, 2.75) is 24.7 Å². The number of unbranched alkanes of at least 4 members (excludes halogenated alkanes) is 1. The van der Waals surface area contributed by atoms with E-state index in [0.717, 1.165) is 25.0 Å². The fourth-order valence-corrected chi connectivity index (χ4v) is 5.06. The Labute approximate surface area is 192 Å². The Morgan fingerprint density at radius 2 is 1.78 bits per heavy atom. The number of carbonyl (C=O) groups is 1. The first-order valence-corrected chi connectivity index (χ1v) is 12.1. The summed E-state index contributed by atoms with van der Waals surface area (Å²) < 4.78 is 51.0. The van der Waals surface area contributed by atoms with E-state index in [-0.39, 0.29) is 42.0 Å². The topological polar surface area (TPSA) is 76.2 Å². The lowest BCUT2D eigenvalue weighted by atomic mass is 10.1. The lowest BCUT2D eigenvalue weighted by molar-refractivity contribution is 0.0697. The molecular weight excluding hydrogens is 459 g/mol. The molecule has 0 spiro atoms. The molecule has 0 radical (unpaired) electrons. The van der Waals surface area contributed by atoms with Gasteiger partial charge in [0.15, 0.2) is 11.5 Å². The van der Waals surface area contributed by atoms with Crippen LogP contribution in [-0.4, -0.2) is 63.4 Å². The number of sulfonamides is 1. The minimum atomic E-state index is -3.76. The first-order valence-electron chi connectivity index (χ1n) is 10.3. The summed E-state index contributed by atoms with van der Waals surface area (Å²) in [6, 6.07) is 7.81. The number of piperazine rings is 1. The Kier molecular flexibility index (Phi) is 7.97. The SMILES string of the molecule is CCCCOc1c(Cl)cc(C(=O)N2CCN(S(=O)(=O)c3ccc(F)cc3)CC2)cc1OC. The largest absolute Gasteiger partial charge is 0.493 e. The van der Waals surface area contributed by atoms with Crippen molar-refractivity contribution in [2.75, 3.05) is 39.9 Å². The summed E-state index contributed by atoms with van der Waals surface area (Å²) in [5, 5.41) is 0.279. The van der Waals surface area contributed by atoms with E-state index in [0.29, 0.717) is 23.7 Å². The van der Waals surface area contributed by atoms with Crippen LogP contribution in [-0.2, 0) is 10.0 Å². The van der Waals surface area contributed by atoms with Gasteiger partial charge in [0.05, 0.1) is 23.6 Å². The van der Waals surface area contributed by atoms with Gasteiger partial charge >= 0.3 is 0 Å². The molecule has 0 aliphatic carbocycles. The second-order valence-electron chi connectivity index (χ2n) is 7.34. The molecule has 0 atom stereocenters. The lowest BCUT2D eigenvalue weighted by Crippen LogP contribution is -2.50. The third-order valence-electron chi connectivity index (χ3n) is 5.20. The van der Waals surface area contributed by atoms with E-state index in [1.807, 2.05) is 0 Å². The first kappa shape index (κ1) is 24.3. The molecule has 3 rings (SSSR count). The Balaban J connectivity index is 1.70. The molecule has 1 saturated heterocycles. The predicted molar refractivity (Wildman–Crippen MR) is 119 cm³/mol. The molecule has 1 amide bonds. The average Bonchev–Trinajstić information content (AvgIpc) is 2.79. The molecule has 174 valence electrons. The summed E-state index contributed by atoms with van der Waals surface area (Å²) in [5.41, 5.74) is 0.338. The molecule has 1 aliphatic rings. The smallest absolute Gasteiger partial charge is 0.254 e. The van der Waals surface area contributed by atoms with Crippen LogP contribution in [0.25, 0.3) is 0 Å². The minimum absolute atomic E-state index is 0.0221. The standard InChI is InChI=1S/C22H26ClFN2O5S/c1-3-4-13-31-21-19(23)14-16(15-20(21)30-2)22(27)25-9-11-26(12-10-25)32(28,29)18-7-5-17(24)6-8-18/h5-8,14-15H,3-4,9-13H2,1-2H3. The number of halogens is 2.